The Labute approximate surface area is 122 Å². The molecule has 0 saturated heterocycles. The highest BCUT2D eigenvalue weighted by Crippen LogP contribution is 2.27. The molecule has 0 aliphatic heterocycles. The van der Waals surface area contributed by atoms with Crippen molar-refractivity contribution >= 4 is 5.91 Å². The first-order valence-electron chi connectivity index (χ1n) is 7.52. The molecular formula is C18H25NO. The zero-order chi connectivity index (χ0) is 14.6. The topological polar surface area (TPSA) is 29.1 Å². The first-order chi connectivity index (χ1) is 9.51. The molecule has 0 saturated carbocycles. The van der Waals surface area contributed by atoms with Crippen LogP contribution in [0.4, 0.5) is 0 Å². The molecular weight excluding hydrogens is 246 g/mol. The predicted octanol–water partition coefficient (Wildman–Crippen LogP) is 3.83. The van der Waals surface area contributed by atoms with Crippen LogP contribution in [0, 0.1) is 5.92 Å². The molecule has 0 unspecified atom stereocenters. The number of nitrogens with one attached hydrogen (secondary N) is 1. The van der Waals surface area contributed by atoms with E-state index in [4.69, 9.17) is 0 Å². The van der Waals surface area contributed by atoms with Gasteiger partial charge < -0.3 is 5.32 Å². The molecule has 1 N–H and O–H groups in total. The van der Waals surface area contributed by atoms with E-state index in [9.17, 15) is 4.79 Å². The van der Waals surface area contributed by atoms with Gasteiger partial charge in [0.1, 0.15) is 0 Å². The third-order valence-electron chi connectivity index (χ3n) is 4.60. The second-order valence-electron chi connectivity index (χ2n) is 6.30. The summed E-state index contributed by atoms with van der Waals surface area (Å²) in [5.74, 6) is 0.347. The predicted molar refractivity (Wildman–Crippen MR) is 83.6 cm³/mol. The lowest BCUT2D eigenvalue weighted by molar-refractivity contribution is -0.126. The van der Waals surface area contributed by atoms with E-state index in [2.05, 4.69) is 62.5 Å². The van der Waals surface area contributed by atoms with E-state index in [-0.39, 0.29) is 23.3 Å². The molecule has 0 spiro atoms. The van der Waals surface area contributed by atoms with Crippen molar-refractivity contribution in [3.63, 3.8) is 0 Å². The molecule has 2 heteroatoms. The van der Waals surface area contributed by atoms with E-state index in [0.717, 1.165) is 19.3 Å². The Balaban J connectivity index is 2.01. The van der Waals surface area contributed by atoms with Crippen molar-refractivity contribution in [3.8, 4) is 0 Å². The van der Waals surface area contributed by atoms with Gasteiger partial charge in [0, 0.05) is 17.4 Å². The SMILES string of the molecule is C[C@@H](NC(=O)[C@H]1CC=CCC1)C(C)(C)c1ccccc1. The lowest BCUT2D eigenvalue weighted by Crippen LogP contribution is -2.47. The quantitative estimate of drug-likeness (QED) is 0.829. The zero-order valence-corrected chi connectivity index (χ0v) is 12.7. The first kappa shape index (κ1) is 14.8. The van der Waals surface area contributed by atoms with Gasteiger partial charge in [0.25, 0.3) is 0 Å². The summed E-state index contributed by atoms with van der Waals surface area (Å²) in [5.41, 5.74) is 1.19. The average molecular weight is 271 g/mol. The number of allylic oxidation sites excluding steroid dienone is 2. The fraction of sp³-hybridized carbons (Fsp3) is 0.500. The minimum atomic E-state index is -0.0680. The molecule has 1 aliphatic rings. The van der Waals surface area contributed by atoms with Crippen molar-refractivity contribution in [2.45, 2.75) is 51.5 Å². The molecule has 0 aromatic heterocycles. The molecule has 2 atom stereocenters. The number of hydrogen-bond acceptors (Lipinski definition) is 1. The highest BCUT2D eigenvalue weighted by Gasteiger charge is 2.30. The highest BCUT2D eigenvalue weighted by molar-refractivity contribution is 5.79. The normalized spacial score (nSPS) is 20.4. The Morgan fingerprint density at radius 2 is 1.95 bits per heavy atom. The van der Waals surface area contributed by atoms with Gasteiger partial charge in [-0.25, -0.2) is 0 Å². The highest BCUT2D eigenvalue weighted by atomic mass is 16.1. The number of benzene rings is 1. The molecule has 1 aromatic rings. The number of carbonyl (C=O) groups excluding carboxylic acids is 1. The zero-order valence-electron chi connectivity index (χ0n) is 12.7. The maximum Gasteiger partial charge on any atom is 0.223 e. The van der Waals surface area contributed by atoms with Crippen LogP contribution in [0.15, 0.2) is 42.5 Å². The molecule has 1 aromatic carbocycles. The Hall–Kier alpha value is -1.57. The van der Waals surface area contributed by atoms with Gasteiger partial charge >= 0.3 is 0 Å². The molecule has 1 aliphatic carbocycles. The van der Waals surface area contributed by atoms with E-state index in [1.807, 2.05) is 6.07 Å². The molecule has 0 bridgehead atoms. The Kier molecular flexibility index (Phi) is 4.64. The maximum atomic E-state index is 12.3. The third-order valence-corrected chi connectivity index (χ3v) is 4.60. The smallest absolute Gasteiger partial charge is 0.223 e. The summed E-state index contributed by atoms with van der Waals surface area (Å²) < 4.78 is 0. The fourth-order valence-electron chi connectivity index (χ4n) is 2.66. The number of hydrogen-bond donors (Lipinski definition) is 1. The number of carbonyl (C=O) groups is 1. The largest absolute Gasteiger partial charge is 0.353 e. The summed E-state index contributed by atoms with van der Waals surface area (Å²) in [6.07, 6.45) is 7.17. The van der Waals surface area contributed by atoms with Gasteiger partial charge in [-0.2, -0.15) is 0 Å². The fourth-order valence-corrected chi connectivity index (χ4v) is 2.66. The van der Waals surface area contributed by atoms with Crippen molar-refractivity contribution in [2.75, 3.05) is 0 Å². The van der Waals surface area contributed by atoms with E-state index < -0.39 is 0 Å². The molecule has 20 heavy (non-hydrogen) atoms. The minimum absolute atomic E-state index is 0.0680. The van der Waals surface area contributed by atoms with Crippen molar-refractivity contribution in [1.29, 1.82) is 0 Å². The lowest BCUT2D eigenvalue weighted by atomic mass is 9.78. The van der Waals surface area contributed by atoms with Gasteiger partial charge in [-0.3, -0.25) is 4.79 Å². The van der Waals surface area contributed by atoms with Gasteiger partial charge in [-0.05, 0) is 31.7 Å². The molecule has 0 fully saturated rings. The van der Waals surface area contributed by atoms with E-state index >= 15 is 0 Å². The van der Waals surface area contributed by atoms with Gasteiger partial charge in [0.05, 0.1) is 0 Å². The maximum absolute atomic E-state index is 12.3. The van der Waals surface area contributed by atoms with Crippen LogP contribution in [0.3, 0.4) is 0 Å². The van der Waals surface area contributed by atoms with Crippen molar-refractivity contribution in [2.24, 2.45) is 5.92 Å². The summed E-state index contributed by atoms with van der Waals surface area (Å²) in [6, 6.07) is 10.5. The van der Waals surface area contributed by atoms with E-state index in [1.54, 1.807) is 0 Å². The van der Waals surface area contributed by atoms with E-state index in [1.165, 1.54) is 5.56 Å². The van der Waals surface area contributed by atoms with Gasteiger partial charge in [0.2, 0.25) is 5.91 Å². The summed E-state index contributed by atoms with van der Waals surface area (Å²) in [4.78, 5) is 12.3. The van der Waals surface area contributed by atoms with Crippen LogP contribution in [0.25, 0.3) is 0 Å². The van der Waals surface area contributed by atoms with Crippen LogP contribution in [0.2, 0.25) is 0 Å². The van der Waals surface area contributed by atoms with Crippen LogP contribution < -0.4 is 5.32 Å². The summed E-state index contributed by atoms with van der Waals surface area (Å²) >= 11 is 0. The first-order valence-corrected chi connectivity index (χ1v) is 7.52. The third kappa shape index (κ3) is 3.30. The Bertz CT molecular complexity index is 475. The van der Waals surface area contributed by atoms with Gasteiger partial charge in [-0.1, -0.05) is 56.3 Å². The van der Waals surface area contributed by atoms with Crippen LogP contribution in [0.1, 0.15) is 45.6 Å². The van der Waals surface area contributed by atoms with Crippen LogP contribution in [-0.4, -0.2) is 11.9 Å². The van der Waals surface area contributed by atoms with Crippen molar-refractivity contribution in [3.05, 3.63) is 48.0 Å². The Morgan fingerprint density at radius 1 is 1.25 bits per heavy atom. The molecule has 108 valence electrons. The van der Waals surface area contributed by atoms with Gasteiger partial charge in [-0.15, -0.1) is 0 Å². The van der Waals surface area contributed by atoms with Gasteiger partial charge in [0.15, 0.2) is 0 Å². The molecule has 0 radical (unpaired) electrons. The molecule has 0 heterocycles. The Morgan fingerprint density at radius 3 is 2.55 bits per heavy atom. The monoisotopic (exact) mass is 271 g/mol. The van der Waals surface area contributed by atoms with Crippen molar-refractivity contribution < 1.29 is 4.79 Å². The summed E-state index contributed by atoms with van der Waals surface area (Å²) in [6.45, 7) is 6.48. The van der Waals surface area contributed by atoms with Crippen LogP contribution in [-0.2, 0) is 10.2 Å². The van der Waals surface area contributed by atoms with Crippen LogP contribution >= 0.6 is 0 Å². The lowest BCUT2D eigenvalue weighted by Gasteiger charge is -2.34. The minimum Gasteiger partial charge on any atom is -0.353 e. The molecule has 2 nitrogen and oxygen atoms in total. The summed E-state index contributed by atoms with van der Waals surface area (Å²) in [7, 11) is 0. The van der Waals surface area contributed by atoms with E-state index in [0.29, 0.717) is 0 Å². The second-order valence-corrected chi connectivity index (χ2v) is 6.30. The molecule has 2 rings (SSSR count). The second kappa shape index (κ2) is 6.25. The molecule has 1 amide bonds. The van der Waals surface area contributed by atoms with Crippen molar-refractivity contribution in [1.82, 2.24) is 5.32 Å². The number of amides is 1. The number of rotatable bonds is 4. The summed E-state index contributed by atoms with van der Waals surface area (Å²) in [5, 5.41) is 3.22. The van der Waals surface area contributed by atoms with Crippen LogP contribution in [0.5, 0.6) is 0 Å². The standard InChI is InChI=1S/C18H25NO/c1-14(18(2,3)16-12-8-5-9-13-16)19-17(20)15-10-6-4-7-11-15/h4-6,8-9,12-15H,7,10-11H2,1-3H3,(H,19,20)/t14-,15+/m1/s1. The average Bonchev–Trinajstić information content (AvgIpc) is 2.49.